The molecular weight excluding hydrogens is 408 g/mol. The van der Waals surface area contributed by atoms with Crippen molar-refractivity contribution in [3.63, 3.8) is 0 Å². The van der Waals surface area contributed by atoms with Crippen molar-refractivity contribution in [1.82, 2.24) is 10.6 Å². The van der Waals surface area contributed by atoms with Gasteiger partial charge in [0.1, 0.15) is 6.04 Å². The van der Waals surface area contributed by atoms with E-state index >= 15 is 0 Å². The van der Waals surface area contributed by atoms with Crippen molar-refractivity contribution >= 4 is 23.6 Å². The van der Waals surface area contributed by atoms with E-state index in [9.17, 15) is 19.2 Å². The third-order valence-electron chi connectivity index (χ3n) is 5.59. The fourth-order valence-electron chi connectivity index (χ4n) is 3.83. The van der Waals surface area contributed by atoms with Crippen molar-refractivity contribution in [3.8, 4) is 11.1 Å². The Morgan fingerprint density at radius 2 is 1.66 bits per heavy atom. The first-order valence-corrected chi connectivity index (χ1v) is 11.0. The summed E-state index contributed by atoms with van der Waals surface area (Å²) in [5.41, 5.74) is 2.90. The maximum Gasteiger partial charge on any atom is 0.303 e. The molecule has 0 spiro atoms. The molecule has 1 aliphatic carbocycles. The highest BCUT2D eigenvalue weighted by atomic mass is 16.4. The number of carbonyl (C=O) groups excluding carboxylic acids is 3. The lowest BCUT2D eigenvalue weighted by molar-refractivity contribution is -0.137. The second-order valence-corrected chi connectivity index (χ2v) is 7.95. The van der Waals surface area contributed by atoms with Gasteiger partial charge in [-0.15, -0.1) is 0 Å². The van der Waals surface area contributed by atoms with Gasteiger partial charge in [0.25, 0.3) is 5.91 Å². The first kappa shape index (κ1) is 23.2. The van der Waals surface area contributed by atoms with Crippen molar-refractivity contribution in [1.29, 1.82) is 0 Å². The van der Waals surface area contributed by atoms with Crippen LogP contribution in [0.1, 0.15) is 71.7 Å². The van der Waals surface area contributed by atoms with Gasteiger partial charge in [-0.1, -0.05) is 56.5 Å². The highest BCUT2D eigenvalue weighted by Gasteiger charge is 2.28. The van der Waals surface area contributed by atoms with Gasteiger partial charge in [-0.05, 0) is 36.1 Å². The molecule has 3 rings (SSSR count). The minimum Gasteiger partial charge on any atom is -0.481 e. The number of rotatable bonds is 11. The molecule has 2 aromatic carbocycles. The third-order valence-corrected chi connectivity index (χ3v) is 5.59. The lowest BCUT2D eigenvalue weighted by Gasteiger charge is -2.18. The third kappa shape index (κ3) is 5.41. The predicted octanol–water partition coefficient (Wildman–Crippen LogP) is 3.56. The van der Waals surface area contributed by atoms with Crippen LogP contribution in [0.3, 0.4) is 0 Å². The molecule has 0 radical (unpaired) electrons. The average Bonchev–Trinajstić information content (AvgIpc) is 3.08. The quantitative estimate of drug-likeness (QED) is 0.398. The van der Waals surface area contributed by atoms with Crippen LogP contribution in [0.5, 0.6) is 0 Å². The number of amides is 2. The summed E-state index contributed by atoms with van der Waals surface area (Å²) in [7, 11) is 0. The summed E-state index contributed by atoms with van der Waals surface area (Å²) in [5.74, 6) is -2.10. The number of unbranched alkanes of at least 4 members (excludes halogenated alkanes) is 3. The fraction of sp³-hybridized carbons (Fsp3) is 0.360. The van der Waals surface area contributed by atoms with Gasteiger partial charge in [0, 0.05) is 29.7 Å². The van der Waals surface area contributed by atoms with Gasteiger partial charge in [0.2, 0.25) is 5.91 Å². The zero-order valence-electron chi connectivity index (χ0n) is 18.1. The Bertz CT molecular complexity index is 1030. The van der Waals surface area contributed by atoms with Gasteiger partial charge in [-0.25, -0.2) is 0 Å². The molecule has 1 atom stereocenters. The number of carbonyl (C=O) groups is 4. The van der Waals surface area contributed by atoms with Crippen LogP contribution in [-0.4, -0.2) is 41.3 Å². The summed E-state index contributed by atoms with van der Waals surface area (Å²) in [4.78, 5) is 49.1. The van der Waals surface area contributed by atoms with Crippen molar-refractivity contribution in [3.05, 3.63) is 59.2 Å². The van der Waals surface area contributed by atoms with E-state index in [0.717, 1.165) is 36.8 Å². The van der Waals surface area contributed by atoms with Gasteiger partial charge in [-0.2, -0.15) is 0 Å². The largest absolute Gasteiger partial charge is 0.481 e. The van der Waals surface area contributed by atoms with Crippen LogP contribution in [0.15, 0.2) is 42.5 Å². The first-order valence-electron chi connectivity index (χ1n) is 11.0. The molecular formula is C25H28N2O5. The first-order chi connectivity index (χ1) is 15.4. The van der Waals surface area contributed by atoms with Gasteiger partial charge >= 0.3 is 5.97 Å². The molecule has 0 aromatic heterocycles. The number of hydrogen-bond donors (Lipinski definition) is 3. The maximum absolute atomic E-state index is 12.8. The van der Waals surface area contributed by atoms with Crippen LogP contribution in [0.2, 0.25) is 0 Å². The number of carboxylic acid groups (broad SMARTS) is 1. The SMILES string of the molecule is CCCCCCNC(=O)[C@H](CCC(=O)O)NC(=O)c1ccc2c(c1)C(=O)c1ccccc1-2. The van der Waals surface area contributed by atoms with Crippen LogP contribution in [-0.2, 0) is 9.59 Å². The molecule has 3 N–H and O–H groups in total. The summed E-state index contributed by atoms with van der Waals surface area (Å²) in [5, 5.41) is 14.4. The highest BCUT2D eigenvalue weighted by Crippen LogP contribution is 2.36. The Labute approximate surface area is 187 Å². The van der Waals surface area contributed by atoms with E-state index in [0.29, 0.717) is 17.7 Å². The molecule has 1 aliphatic rings. The minimum atomic E-state index is -1.04. The molecule has 0 saturated carbocycles. The molecule has 2 amide bonds. The lowest BCUT2D eigenvalue weighted by Crippen LogP contribution is -2.47. The lowest BCUT2D eigenvalue weighted by atomic mass is 10.0. The Balaban J connectivity index is 1.70. The van der Waals surface area contributed by atoms with Crippen molar-refractivity contribution < 1.29 is 24.3 Å². The Kier molecular flexibility index (Phi) is 7.76. The summed E-state index contributed by atoms with van der Waals surface area (Å²) in [6.45, 7) is 2.57. The summed E-state index contributed by atoms with van der Waals surface area (Å²) >= 11 is 0. The maximum atomic E-state index is 12.8. The van der Waals surface area contributed by atoms with E-state index < -0.39 is 23.8 Å². The summed E-state index contributed by atoms with van der Waals surface area (Å²) < 4.78 is 0. The molecule has 2 aromatic rings. The molecule has 0 aliphatic heterocycles. The minimum absolute atomic E-state index is 0.0167. The van der Waals surface area contributed by atoms with Crippen LogP contribution in [0.4, 0.5) is 0 Å². The number of carboxylic acids is 1. The van der Waals surface area contributed by atoms with Gasteiger partial charge in [0.15, 0.2) is 5.78 Å². The number of nitrogens with one attached hydrogen (secondary N) is 2. The summed E-state index contributed by atoms with van der Waals surface area (Å²) in [6, 6.07) is 11.2. The van der Waals surface area contributed by atoms with E-state index in [-0.39, 0.29) is 24.2 Å². The number of benzene rings is 2. The molecule has 32 heavy (non-hydrogen) atoms. The molecule has 7 heteroatoms. The molecule has 0 fully saturated rings. The van der Waals surface area contributed by atoms with Gasteiger partial charge in [0.05, 0.1) is 0 Å². The smallest absolute Gasteiger partial charge is 0.303 e. The fourth-order valence-corrected chi connectivity index (χ4v) is 3.83. The molecule has 168 valence electrons. The number of fused-ring (bicyclic) bond motifs is 3. The zero-order chi connectivity index (χ0) is 23.1. The molecule has 0 heterocycles. The standard InChI is InChI=1S/C25H28N2O5/c1-2-3-4-7-14-26-25(32)21(12-13-22(28)29)27-24(31)16-10-11-18-17-8-5-6-9-19(17)23(30)20(18)15-16/h5-6,8-11,15,21H,2-4,7,12-14H2,1H3,(H,26,32)(H,27,31)(H,28,29)/t21-/m0/s1. The second-order valence-electron chi connectivity index (χ2n) is 7.95. The average molecular weight is 437 g/mol. The Morgan fingerprint density at radius 3 is 2.38 bits per heavy atom. The van der Waals surface area contributed by atoms with Crippen LogP contribution in [0.25, 0.3) is 11.1 Å². The zero-order valence-corrected chi connectivity index (χ0v) is 18.1. The van der Waals surface area contributed by atoms with E-state index in [2.05, 4.69) is 17.6 Å². The Hall–Kier alpha value is -3.48. The monoisotopic (exact) mass is 436 g/mol. The van der Waals surface area contributed by atoms with E-state index in [1.165, 1.54) is 6.07 Å². The van der Waals surface area contributed by atoms with Crippen LogP contribution in [0, 0.1) is 0 Å². The second kappa shape index (κ2) is 10.7. The van der Waals surface area contributed by atoms with E-state index in [4.69, 9.17) is 5.11 Å². The highest BCUT2D eigenvalue weighted by molar-refractivity contribution is 6.22. The van der Waals surface area contributed by atoms with Crippen LogP contribution < -0.4 is 10.6 Å². The van der Waals surface area contributed by atoms with Gasteiger partial charge in [-0.3, -0.25) is 19.2 Å². The topological polar surface area (TPSA) is 113 Å². The summed E-state index contributed by atoms with van der Waals surface area (Å²) in [6.07, 6.45) is 3.72. The van der Waals surface area contributed by atoms with Crippen molar-refractivity contribution in [2.45, 2.75) is 51.5 Å². The van der Waals surface area contributed by atoms with E-state index in [1.54, 1.807) is 24.3 Å². The van der Waals surface area contributed by atoms with Gasteiger partial charge < -0.3 is 15.7 Å². The molecule has 0 saturated heterocycles. The van der Waals surface area contributed by atoms with Crippen molar-refractivity contribution in [2.24, 2.45) is 0 Å². The molecule has 7 nitrogen and oxygen atoms in total. The van der Waals surface area contributed by atoms with Crippen molar-refractivity contribution in [2.75, 3.05) is 6.54 Å². The molecule has 0 bridgehead atoms. The molecule has 0 unspecified atom stereocenters. The predicted molar refractivity (Wildman–Crippen MR) is 121 cm³/mol. The van der Waals surface area contributed by atoms with E-state index in [1.807, 2.05) is 12.1 Å². The number of hydrogen-bond acceptors (Lipinski definition) is 4. The number of aliphatic carboxylic acids is 1. The van der Waals surface area contributed by atoms with Crippen LogP contribution >= 0.6 is 0 Å². The normalized spacial score (nSPS) is 12.6. The number of ketones is 1. The Morgan fingerprint density at radius 1 is 0.938 bits per heavy atom.